The standard InChI is InChI=1S/C16H20N4O2S/c17-8-6-15-20-13(11-23-15)16(22)18-9-7-14(21)19-10-12-4-2-1-3-5-12/h1-5,11H,6-10,17H2,(H,18,22)(H,19,21). The van der Waals surface area contributed by atoms with E-state index in [1.165, 1.54) is 11.3 Å². The van der Waals surface area contributed by atoms with Crippen molar-refractivity contribution in [3.05, 3.63) is 52.0 Å². The number of nitrogens with zero attached hydrogens (tertiary/aromatic N) is 1. The molecule has 122 valence electrons. The Labute approximate surface area is 139 Å². The van der Waals surface area contributed by atoms with E-state index < -0.39 is 0 Å². The van der Waals surface area contributed by atoms with Crippen LogP contribution in [0.25, 0.3) is 0 Å². The molecule has 0 aliphatic rings. The number of rotatable bonds is 8. The number of hydrogen-bond donors (Lipinski definition) is 3. The maximum Gasteiger partial charge on any atom is 0.270 e. The van der Waals surface area contributed by atoms with Gasteiger partial charge in [-0.15, -0.1) is 11.3 Å². The van der Waals surface area contributed by atoms with Gasteiger partial charge in [0, 0.05) is 31.3 Å². The number of nitrogens with two attached hydrogens (primary N) is 1. The molecular weight excluding hydrogens is 312 g/mol. The van der Waals surface area contributed by atoms with E-state index >= 15 is 0 Å². The number of nitrogens with one attached hydrogen (secondary N) is 2. The average Bonchev–Trinajstić information content (AvgIpc) is 3.03. The second-order valence-corrected chi connectivity index (χ2v) is 5.88. The van der Waals surface area contributed by atoms with Crippen LogP contribution in [0.1, 0.15) is 27.5 Å². The molecule has 2 rings (SSSR count). The molecule has 23 heavy (non-hydrogen) atoms. The van der Waals surface area contributed by atoms with Crippen LogP contribution in [-0.4, -0.2) is 29.9 Å². The van der Waals surface area contributed by atoms with Crippen molar-refractivity contribution in [2.75, 3.05) is 13.1 Å². The fraction of sp³-hybridized carbons (Fsp3) is 0.312. The Hall–Kier alpha value is -2.25. The molecule has 0 unspecified atom stereocenters. The predicted molar refractivity (Wildman–Crippen MR) is 90.1 cm³/mol. The van der Waals surface area contributed by atoms with Gasteiger partial charge in [0.25, 0.3) is 5.91 Å². The lowest BCUT2D eigenvalue weighted by Crippen LogP contribution is -2.30. The second kappa shape index (κ2) is 9.02. The Bertz CT molecular complexity index is 643. The molecule has 1 aromatic heterocycles. The van der Waals surface area contributed by atoms with E-state index in [0.29, 0.717) is 25.2 Å². The number of benzene rings is 1. The lowest BCUT2D eigenvalue weighted by Gasteiger charge is -2.06. The van der Waals surface area contributed by atoms with Crippen LogP contribution < -0.4 is 16.4 Å². The van der Waals surface area contributed by atoms with Gasteiger partial charge in [-0.3, -0.25) is 9.59 Å². The van der Waals surface area contributed by atoms with Crippen LogP contribution in [0.5, 0.6) is 0 Å². The van der Waals surface area contributed by atoms with Gasteiger partial charge in [-0.25, -0.2) is 4.98 Å². The van der Waals surface area contributed by atoms with E-state index in [0.717, 1.165) is 10.6 Å². The molecule has 4 N–H and O–H groups in total. The first-order chi connectivity index (χ1) is 11.2. The fourth-order valence-electron chi connectivity index (χ4n) is 1.92. The van der Waals surface area contributed by atoms with E-state index in [1.807, 2.05) is 30.3 Å². The zero-order valence-corrected chi connectivity index (χ0v) is 13.6. The average molecular weight is 332 g/mol. The van der Waals surface area contributed by atoms with E-state index in [1.54, 1.807) is 5.38 Å². The molecule has 0 fully saturated rings. The summed E-state index contributed by atoms with van der Waals surface area (Å²) in [5.41, 5.74) is 6.87. The molecule has 0 bridgehead atoms. The summed E-state index contributed by atoms with van der Waals surface area (Å²) >= 11 is 1.42. The molecular formula is C16H20N4O2S. The summed E-state index contributed by atoms with van der Waals surface area (Å²) in [5.74, 6) is -0.364. The maximum atomic E-state index is 11.9. The SMILES string of the molecule is NCCc1nc(C(=O)NCCC(=O)NCc2ccccc2)cs1. The van der Waals surface area contributed by atoms with Gasteiger partial charge < -0.3 is 16.4 Å². The van der Waals surface area contributed by atoms with E-state index in [4.69, 9.17) is 5.73 Å². The summed E-state index contributed by atoms with van der Waals surface area (Å²) < 4.78 is 0. The number of thiazole rings is 1. The zero-order valence-electron chi connectivity index (χ0n) is 12.7. The molecule has 0 saturated heterocycles. The van der Waals surface area contributed by atoms with Crippen molar-refractivity contribution in [2.45, 2.75) is 19.4 Å². The lowest BCUT2D eigenvalue weighted by atomic mass is 10.2. The molecule has 0 aliphatic heterocycles. The smallest absolute Gasteiger partial charge is 0.270 e. The third kappa shape index (κ3) is 5.80. The van der Waals surface area contributed by atoms with Crippen molar-refractivity contribution >= 4 is 23.2 Å². The Morgan fingerprint density at radius 1 is 1.17 bits per heavy atom. The Balaban J connectivity index is 1.67. The van der Waals surface area contributed by atoms with Gasteiger partial charge >= 0.3 is 0 Å². The molecule has 2 aromatic rings. The quantitative estimate of drug-likeness (QED) is 0.674. The molecule has 0 spiro atoms. The molecule has 0 radical (unpaired) electrons. The van der Waals surface area contributed by atoms with Crippen LogP contribution in [0.4, 0.5) is 0 Å². The van der Waals surface area contributed by atoms with Crippen molar-refractivity contribution in [3.63, 3.8) is 0 Å². The van der Waals surface area contributed by atoms with Gasteiger partial charge in [0.05, 0.1) is 5.01 Å². The Morgan fingerprint density at radius 3 is 2.70 bits per heavy atom. The van der Waals surface area contributed by atoms with Crippen LogP contribution in [0.2, 0.25) is 0 Å². The minimum Gasteiger partial charge on any atom is -0.352 e. The highest BCUT2D eigenvalue weighted by atomic mass is 32.1. The van der Waals surface area contributed by atoms with Crippen molar-refractivity contribution < 1.29 is 9.59 Å². The zero-order chi connectivity index (χ0) is 16.5. The molecule has 7 heteroatoms. The summed E-state index contributed by atoms with van der Waals surface area (Å²) in [6.07, 6.45) is 0.901. The number of hydrogen-bond acceptors (Lipinski definition) is 5. The van der Waals surface area contributed by atoms with E-state index in [-0.39, 0.29) is 24.8 Å². The van der Waals surface area contributed by atoms with Crippen molar-refractivity contribution in [3.8, 4) is 0 Å². The number of carbonyl (C=O) groups is 2. The summed E-state index contributed by atoms with van der Waals surface area (Å²) in [7, 11) is 0. The number of amides is 2. The molecule has 0 aliphatic carbocycles. The molecule has 1 aromatic carbocycles. The van der Waals surface area contributed by atoms with Crippen LogP contribution in [0.15, 0.2) is 35.7 Å². The van der Waals surface area contributed by atoms with Gasteiger partial charge in [-0.05, 0) is 12.1 Å². The van der Waals surface area contributed by atoms with Gasteiger partial charge in [-0.2, -0.15) is 0 Å². The molecule has 0 atom stereocenters. The molecule has 1 heterocycles. The van der Waals surface area contributed by atoms with Crippen molar-refractivity contribution in [1.29, 1.82) is 0 Å². The first-order valence-corrected chi connectivity index (χ1v) is 8.30. The summed E-state index contributed by atoms with van der Waals surface area (Å²) in [5, 5.41) is 8.06. The van der Waals surface area contributed by atoms with Gasteiger partial charge in [-0.1, -0.05) is 30.3 Å². The minimum atomic E-state index is -0.264. The number of aromatic nitrogens is 1. The van der Waals surface area contributed by atoms with Crippen LogP contribution >= 0.6 is 11.3 Å². The molecule has 6 nitrogen and oxygen atoms in total. The van der Waals surface area contributed by atoms with Crippen molar-refractivity contribution in [2.24, 2.45) is 5.73 Å². The Morgan fingerprint density at radius 2 is 1.96 bits per heavy atom. The Kier molecular flexibility index (Phi) is 6.71. The normalized spacial score (nSPS) is 10.3. The third-order valence-corrected chi connectivity index (χ3v) is 4.02. The summed E-state index contributed by atoms with van der Waals surface area (Å²) in [4.78, 5) is 27.8. The van der Waals surface area contributed by atoms with E-state index in [2.05, 4.69) is 15.6 Å². The minimum absolute atomic E-state index is 0.101. The molecule has 0 saturated carbocycles. The van der Waals surface area contributed by atoms with E-state index in [9.17, 15) is 9.59 Å². The first-order valence-electron chi connectivity index (χ1n) is 7.42. The summed E-state index contributed by atoms with van der Waals surface area (Å²) in [6.45, 7) is 1.28. The first kappa shape index (κ1) is 17.1. The molecule has 2 amide bonds. The lowest BCUT2D eigenvalue weighted by molar-refractivity contribution is -0.121. The van der Waals surface area contributed by atoms with Crippen LogP contribution in [-0.2, 0) is 17.8 Å². The summed E-state index contributed by atoms with van der Waals surface area (Å²) in [6, 6.07) is 9.67. The second-order valence-electron chi connectivity index (χ2n) is 4.93. The van der Waals surface area contributed by atoms with Crippen LogP contribution in [0.3, 0.4) is 0 Å². The maximum absolute atomic E-state index is 11.9. The van der Waals surface area contributed by atoms with Crippen molar-refractivity contribution in [1.82, 2.24) is 15.6 Å². The van der Waals surface area contributed by atoms with Gasteiger partial charge in [0.1, 0.15) is 5.69 Å². The monoisotopic (exact) mass is 332 g/mol. The largest absolute Gasteiger partial charge is 0.352 e. The number of carbonyl (C=O) groups excluding carboxylic acids is 2. The van der Waals surface area contributed by atoms with Gasteiger partial charge in [0.2, 0.25) is 5.91 Å². The predicted octanol–water partition coefficient (Wildman–Crippen LogP) is 1.08. The third-order valence-electron chi connectivity index (χ3n) is 3.11. The topological polar surface area (TPSA) is 97.1 Å². The fourth-order valence-corrected chi connectivity index (χ4v) is 2.71. The highest BCUT2D eigenvalue weighted by Crippen LogP contribution is 2.09. The highest BCUT2D eigenvalue weighted by Gasteiger charge is 2.10. The van der Waals surface area contributed by atoms with Crippen LogP contribution in [0, 0.1) is 0 Å². The highest BCUT2D eigenvalue weighted by molar-refractivity contribution is 7.09. The van der Waals surface area contributed by atoms with Gasteiger partial charge in [0.15, 0.2) is 0 Å².